The van der Waals surface area contributed by atoms with Gasteiger partial charge < -0.3 is 14.6 Å². The number of carbonyl (C=O) groups excluding carboxylic acids is 1. The Bertz CT molecular complexity index is 952. The number of thioether (sulfide) groups is 1. The van der Waals surface area contributed by atoms with Crippen LogP contribution in [0.1, 0.15) is 35.9 Å². The van der Waals surface area contributed by atoms with E-state index in [4.69, 9.17) is 4.42 Å². The third kappa shape index (κ3) is 4.97. The third-order valence-corrected chi connectivity index (χ3v) is 6.28. The lowest BCUT2D eigenvalue weighted by atomic mass is 9.99. The molecule has 0 unspecified atom stereocenters. The number of likely N-dealkylation sites (tertiary alicyclic amines) is 1. The van der Waals surface area contributed by atoms with E-state index in [1.165, 1.54) is 24.6 Å². The molecular formula is C22H26N4O2S. The fraction of sp³-hybridized carbons (Fsp3) is 0.409. The molecule has 1 saturated heterocycles. The minimum Gasteiger partial charge on any atom is -0.451 e. The summed E-state index contributed by atoms with van der Waals surface area (Å²) in [5.74, 6) is 1.62. The largest absolute Gasteiger partial charge is 0.451 e. The average Bonchev–Trinajstić information content (AvgIpc) is 3.13. The van der Waals surface area contributed by atoms with Crippen molar-refractivity contribution in [1.82, 2.24) is 20.2 Å². The van der Waals surface area contributed by atoms with E-state index in [2.05, 4.69) is 27.1 Å². The topological polar surface area (TPSA) is 71.3 Å². The van der Waals surface area contributed by atoms with Crippen LogP contribution in [0.3, 0.4) is 0 Å². The number of carbonyl (C=O) groups is 1. The number of furan rings is 1. The number of nitrogens with one attached hydrogen (secondary N) is 1. The molecule has 29 heavy (non-hydrogen) atoms. The molecule has 1 amide bonds. The molecule has 0 bridgehead atoms. The minimum absolute atomic E-state index is 0.156. The lowest BCUT2D eigenvalue weighted by molar-refractivity contribution is 0.0918. The van der Waals surface area contributed by atoms with E-state index in [0.29, 0.717) is 23.2 Å². The van der Waals surface area contributed by atoms with Crippen molar-refractivity contribution in [3.63, 3.8) is 0 Å². The van der Waals surface area contributed by atoms with Crippen LogP contribution in [-0.2, 0) is 5.75 Å². The first-order chi connectivity index (χ1) is 14.2. The van der Waals surface area contributed by atoms with E-state index in [0.717, 1.165) is 42.1 Å². The molecule has 0 atom stereocenters. The molecule has 1 aliphatic heterocycles. The van der Waals surface area contributed by atoms with E-state index >= 15 is 0 Å². The predicted octanol–water partition coefficient (Wildman–Crippen LogP) is 3.98. The molecule has 1 aliphatic rings. The maximum Gasteiger partial charge on any atom is 0.287 e. The lowest BCUT2D eigenvalue weighted by Crippen LogP contribution is -2.39. The summed E-state index contributed by atoms with van der Waals surface area (Å²) in [6.07, 6.45) is 5.91. The first kappa shape index (κ1) is 19.9. The van der Waals surface area contributed by atoms with Gasteiger partial charge in [0.1, 0.15) is 5.58 Å². The van der Waals surface area contributed by atoms with Crippen molar-refractivity contribution in [2.75, 3.05) is 26.2 Å². The van der Waals surface area contributed by atoms with Gasteiger partial charge in [-0.2, -0.15) is 0 Å². The van der Waals surface area contributed by atoms with E-state index in [1.807, 2.05) is 24.3 Å². The van der Waals surface area contributed by atoms with Gasteiger partial charge in [-0.1, -0.05) is 36.9 Å². The van der Waals surface area contributed by atoms with Gasteiger partial charge in [0.05, 0.1) is 0 Å². The maximum absolute atomic E-state index is 12.9. The molecule has 4 rings (SSSR count). The second-order valence-corrected chi connectivity index (χ2v) is 8.45. The quantitative estimate of drug-likeness (QED) is 0.469. The van der Waals surface area contributed by atoms with Crippen LogP contribution in [0.2, 0.25) is 0 Å². The summed E-state index contributed by atoms with van der Waals surface area (Å²) < 4.78 is 5.93. The number of benzene rings is 1. The summed E-state index contributed by atoms with van der Waals surface area (Å²) >= 11 is 1.50. The Morgan fingerprint density at radius 3 is 2.76 bits per heavy atom. The number of para-hydroxylation sites is 1. The molecule has 3 heterocycles. The normalized spacial score (nSPS) is 15.6. The van der Waals surface area contributed by atoms with Crippen molar-refractivity contribution < 1.29 is 9.21 Å². The molecule has 0 spiro atoms. The van der Waals surface area contributed by atoms with Crippen LogP contribution < -0.4 is 5.32 Å². The highest BCUT2D eigenvalue weighted by Gasteiger charge is 2.21. The van der Waals surface area contributed by atoms with Gasteiger partial charge in [0.15, 0.2) is 10.9 Å². The summed E-state index contributed by atoms with van der Waals surface area (Å²) in [5, 5.41) is 4.69. The van der Waals surface area contributed by atoms with Crippen LogP contribution in [-0.4, -0.2) is 47.0 Å². The SMILES string of the molecule is CC1CCN(CCNC(=O)c2oc3ccccc3c2CSc2ncccn2)CC1. The number of piperidine rings is 1. The van der Waals surface area contributed by atoms with E-state index in [9.17, 15) is 4.79 Å². The van der Waals surface area contributed by atoms with E-state index in [1.54, 1.807) is 18.5 Å². The molecular weight excluding hydrogens is 384 g/mol. The van der Waals surface area contributed by atoms with E-state index in [-0.39, 0.29) is 5.91 Å². The van der Waals surface area contributed by atoms with Crippen LogP contribution in [0.5, 0.6) is 0 Å². The number of rotatable bonds is 7. The van der Waals surface area contributed by atoms with Crippen LogP contribution >= 0.6 is 11.8 Å². The van der Waals surface area contributed by atoms with Gasteiger partial charge in [-0.05, 0) is 44.0 Å². The fourth-order valence-electron chi connectivity index (χ4n) is 3.62. The summed E-state index contributed by atoms with van der Waals surface area (Å²) in [6.45, 7) is 6.03. The molecule has 1 fully saturated rings. The van der Waals surface area contributed by atoms with Crippen LogP contribution in [0.15, 0.2) is 52.3 Å². The van der Waals surface area contributed by atoms with Crippen LogP contribution in [0.25, 0.3) is 11.0 Å². The molecule has 1 N–H and O–H groups in total. The summed E-state index contributed by atoms with van der Waals surface area (Å²) in [6, 6.07) is 9.56. The number of nitrogens with zero attached hydrogens (tertiary/aromatic N) is 3. The highest BCUT2D eigenvalue weighted by molar-refractivity contribution is 7.98. The predicted molar refractivity (Wildman–Crippen MR) is 115 cm³/mol. The Kier molecular flexibility index (Phi) is 6.46. The van der Waals surface area contributed by atoms with Gasteiger partial charge in [-0.15, -0.1) is 0 Å². The molecule has 2 aromatic heterocycles. The number of amides is 1. The smallest absolute Gasteiger partial charge is 0.287 e. The molecule has 1 aromatic carbocycles. The molecule has 3 aromatic rings. The van der Waals surface area contributed by atoms with Gasteiger partial charge in [-0.3, -0.25) is 4.79 Å². The van der Waals surface area contributed by atoms with E-state index < -0.39 is 0 Å². The Balaban J connectivity index is 1.43. The van der Waals surface area contributed by atoms with Gasteiger partial charge in [0, 0.05) is 42.2 Å². The van der Waals surface area contributed by atoms with Gasteiger partial charge >= 0.3 is 0 Å². The first-order valence-electron chi connectivity index (χ1n) is 10.1. The number of hydrogen-bond donors (Lipinski definition) is 1. The molecule has 0 radical (unpaired) electrons. The lowest BCUT2D eigenvalue weighted by Gasteiger charge is -2.30. The Hall–Kier alpha value is -2.38. The van der Waals surface area contributed by atoms with Gasteiger partial charge in [0.25, 0.3) is 5.91 Å². The number of fused-ring (bicyclic) bond motifs is 1. The van der Waals surface area contributed by atoms with Crippen LogP contribution in [0.4, 0.5) is 0 Å². The van der Waals surface area contributed by atoms with Crippen molar-refractivity contribution in [3.05, 3.63) is 54.0 Å². The summed E-state index contributed by atoms with van der Waals surface area (Å²) in [4.78, 5) is 23.8. The fourth-order valence-corrected chi connectivity index (χ4v) is 4.45. The van der Waals surface area contributed by atoms with Crippen molar-refractivity contribution >= 4 is 28.6 Å². The summed E-state index contributed by atoms with van der Waals surface area (Å²) in [5.41, 5.74) is 1.62. The molecule has 0 aliphatic carbocycles. The number of hydrogen-bond acceptors (Lipinski definition) is 6. The Morgan fingerprint density at radius 1 is 1.21 bits per heavy atom. The summed E-state index contributed by atoms with van der Waals surface area (Å²) in [7, 11) is 0. The Labute approximate surface area is 175 Å². The standard InChI is InChI=1S/C22H26N4O2S/c1-16-7-12-26(13-8-16)14-11-23-21(27)20-18(15-29-22-24-9-4-10-25-22)17-5-2-3-6-19(17)28-20/h2-6,9-10,16H,7-8,11-15H2,1H3,(H,23,27). The Morgan fingerprint density at radius 2 is 1.97 bits per heavy atom. The monoisotopic (exact) mass is 410 g/mol. The van der Waals surface area contributed by atoms with Crippen molar-refractivity contribution in [1.29, 1.82) is 0 Å². The second kappa shape index (κ2) is 9.41. The van der Waals surface area contributed by atoms with Crippen LogP contribution in [0, 0.1) is 5.92 Å². The molecule has 152 valence electrons. The molecule has 6 nitrogen and oxygen atoms in total. The molecule has 0 saturated carbocycles. The zero-order valence-corrected chi connectivity index (χ0v) is 17.5. The zero-order valence-electron chi connectivity index (χ0n) is 16.6. The van der Waals surface area contributed by atoms with Crippen molar-refractivity contribution in [2.45, 2.75) is 30.7 Å². The highest BCUT2D eigenvalue weighted by Crippen LogP contribution is 2.31. The van der Waals surface area contributed by atoms with Gasteiger partial charge in [-0.25, -0.2) is 9.97 Å². The van der Waals surface area contributed by atoms with Crippen molar-refractivity contribution in [2.24, 2.45) is 5.92 Å². The third-order valence-electron chi connectivity index (χ3n) is 5.38. The minimum atomic E-state index is -0.156. The zero-order chi connectivity index (χ0) is 20.1. The highest BCUT2D eigenvalue weighted by atomic mass is 32.2. The second-order valence-electron chi connectivity index (χ2n) is 7.51. The van der Waals surface area contributed by atoms with Gasteiger partial charge in [0.2, 0.25) is 0 Å². The maximum atomic E-state index is 12.9. The first-order valence-corrected chi connectivity index (χ1v) is 11.1. The number of aromatic nitrogens is 2. The average molecular weight is 411 g/mol. The van der Waals surface area contributed by atoms with Crippen molar-refractivity contribution in [3.8, 4) is 0 Å². The molecule has 7 heteroatoms.